The van der Waals surface area contributed by atoms with Gasteiger partial charge in [-0.2, -0.15) is 0 Å². The zero-order valence-electron chi connectivity index (χ0n) is 10.2. The fraction of sp³-hybridized carbons (Fsp3) is 1.00. The molecule has 0 aromatic heterocycles. The predicted octanol–water partition coefficient (Wildman–Crippen LogP) is -0.222. The van der Waals surface area contributed by atoms with Crippen LogP contribution in [0.4, 0.5) is 0 Å². The standard InChI is InChI=1S/C10H19N3O5/c1-6-8(15)9(16)7(5-14)18-10(6)17-4-2-3-12-13-11/h6-10,14-16H,2-5H2,1H3/t6?,7?,8-,9-,10-/m1/s1. The SMILES string of the molecule is CC1[C@H](OCCCN=[N+]=[N-])OC(CO)[C@@H](O)[C@@H]1O. The molecule has 18 heavy (non-hydrogen) atoms. The van der Waals surface area contributed by atoms with E-state index < -0.39 is 30.5 Å². The lowest BCUT2D eigenvalue weighted by Crippen LogP contribution is -2.55. The lowest BCUT2D eigenvalue weighted by molar-refractivity contribution is -0.282. The zero-order valence-corrected chi connectivity index (χ0v) is 10.2. The lowest BCUT2D eigenvalue weighted by atomic mass is 9.92. The van der Waals surface area contributed by atoms with Gasteiger partial charge in [-0.3, -0.25) is 0 Å². The van der Waals surface area contributed by atoms with Crippen molar-refractivity contribution in [2.45, 2.75) is 37.9 Å². The molecule has 2 unspecified atom stereocenters. The summed E-state index contributed by atoms with van der Waals surface area (Å²) in [6, 6.07) is 0. The van der Waals surface area contributed by atoms with Crippen LogP contribution in [0.15, 0.2) is 5.11 Å². The minimum absolute atomic E-state index is 0.314. The van der Waals surface area contributed by atoms with Crippen molar-refractivity contribution in [2.75, 3.05) is 19.8 Å². The average Bonchev–Trinajstić information content (AvgIpc) is 2.38. The van der Waals surface area contributed by atoms with Gasteiger partial charge in [0, 0.05) is 24.0 Å². The van der Waals surface area contributed by atoms with Gasteiger partial charge in [-0.15, -0.1) is 0 Å². The summed E-state index contributed by atoms with van der Waals surface area (Å²) in [7, 11) is 0. The Morgan fingerprint density at radius 1 is 1.39 bits per heavy atom. The first-order valence-corrected chi connectivity index (χ1v) is 5.86. The van der Waals surface area contributed by atoms with Gasteiger partial charge in [0.2, 0.25) is 0 Å². The Labute approximate surface area is 105 Å². The molecule has 0 aromatic rings. The van der Waals surface area contributed by atoms with Crippen LogP contribution < -0.4 is 0 Å². The molecule has 1 heterocycles. The van der Waals surface area contributed by atoms with Crippen LogP contribution >= 0.6 is 0 Å². The number of ether oxygens (including phenoxy) is 2. The van der Waals surface area contributed by atoms with Gasteiger partial charge in [-0.25, -0.2) is 0 Å². The molecule has 1 aliphatic heterocycles. The van der Waals surface area contributed by atoms with Gasteiger partial charge in [0.15, 0.2) is 6.29 Å². The number of aliphatic hydroxyl groups is 3. The summed E-state index contributed by atoms with van der Waals surface area (Å²) < 4.78 is 10.8. The van der Waals surface area contributed by atoms with E-state index in [1.54, 1.807) is 6.92 Å². The van der Waals surface area contributed by atoms with E-state index in [1.165, 1.54) is 0 Å². The minimum Gasteiger partial charge on any atom is -0.394 e. The summed E-state index contributed by atoms with van der Waals surface area (Å²) in [6.07, 6.45) is -3.12. The fourth-order valence-electron chi connectivity index (χ4n) is 1.79. The van der Waals surface area contributed by atoms with Crippen molar-refractivity contribution >= 4 is 0 Å². The molecule has 0 aliphatic carbocycles. The van der Waals surface area contributed by atoms with Crippen LogP contribution in [0.2, 0.25) is 0 Å². The molecule has 1 fully saturated rings. The van der Waals surface area contributed by atoms with Gasteiger partial charge in [-0.05, 0) is 12.0 Å². The zero-order chi connectivity index (χ0) is 13.5. The predicted molar refractivity (Wildman–Crippen MR) is 61.5 cm³/mol. The smallest absolute Gasteiger partial charge is 0.163 e. The molecule has 3 N–H and O–H groups in total. The second-order valence-electron chi connectivity index (χ2n) is 4.24. The maximum Gasteiger partial charge on any atom is 0.163 e. The molecule has 0 bridgehead atoms. The van der Waals surface area contributed by atoms with E-state index in [0.717, 1.165) is 0 Å². The molecular weight excluding hydrogens is 242 g/mol. The fourth-order valence-corrected chi connectivity index (χ4v) is 1.79. The van der Waals surface area contributed by atoms with Gasteiger partial charge < -0.3 is 24.8 Å². The number of azide groups is 1. The van der Waals surface area contributed by atoms with Crippen molar-refractivity contribution in [1.29, 1.82) is 0 Å². The molecule has 8 heteroatoms. The first kappa shape index (κ1) is 15.2. The maximum atomic E-state index is 9.77. The molecular formula is C10H19N3O5. The Morgan fingerprint density at radius 2 is 2.11 bits per heavy atom. The highest BCUT2D eigenvalue weighted by Gasteiger charge is 2.42. The van der Waals surface area contributed by atoms with Gasteiger partial charge >= 0.3 is 0 Å². The Bertz CT molecular complexity index is 295. The third-order valence-corrected chi connectivity index (χ3v) is 2.94. The highest BCUT2D eigenvalue weighted by Crippen LogP contribution is 2.26. The van der Waals surface area contributed by atoms with Gasteiger partial charge in [-0.1, -0.05) is 12.0 Å². The molecule has 8 nitrogen and oxygen atoms in total. The van der Waals surface area contributed by atoms with E-state index in [-0.39, 0.29) is 6.61 Å². The highest BCUT2D eigenvalue weighted by molar-refractivity contribution is 4.86. The van der Waals surface area contributed by atoms with E-state index in [4.69, 9.17) is 20.1 Å². The summed E-state index contributed by atoms with van der Waals surface area (Å²) in [4.78, 5) is 2.61. The largest absolute Gasteiger partial charge is 0.394 e. The quantitative estimate of drug-likeness (QED) is 0.263. The van der Waals surface area contributed by atoms with Crippen molar-refractivity contribution in [1.82, 2.24) is 0 Å². The van der Waals surface area contributed by atoms with Gasteiger partial charge in [0.05, 0.1) is 12.7 Å². The van der Waals surface area contributed by atoms with E-state index in [2.05, 4.69) is 10.0 Å². The molecule has 104 valence electrons. The van der Waals surface area contributed by atoms with Gasteiger partial charge in [0.1, 0.15) is 12.2 Å². The number of hydrogen-bond acceptors (Lipinski definition) is 6. The minimum atomic E-state index is -1.12. The summed E-state index contributed by atoms with van der Waals surface area (Å²) in [5.41, 5.74) is 8.09. The first-order chi connectivity index (χ1) is 8.61. The molecule has 1 saturated heterocycles. The second-order valence-corrected chi connectivity index (χ2v) is 4.24. The molecule has 0 aromatic carbocycles. The van der Waals surface area contributed by atoms with Crippen LogP contribution in [0.3, 0.4) is 0 Å². The van der Waals surface area contributed by atoms with Crippen LogP contribution in [-0.2, 0) is 9.47 Å². The van der Waals surface area contributed by atoms with Crippen LogP contribution in [-0.4, -0.2) is 59.7 Å². The summed E-state index contributed by atoms with van der Waals surface area (Å²) in [5, 5.41) is 31.8. The van der Waals surface area contributed by atoms with Crippen molar-refractivity contribution in [3.8, 4) is 0 Å². The number of hydrogen-bond donors (Lipinski definition) is 3. The Morgan fingerprint density at radius 3 is 2.72 bits per heavy atom. The Hall–Kier alpha value is -0.890. The molecule has 0 saturated carbocycles. The first-order valence-electron chi connectivity index (χ1n) is 5.86. The molecule has 1 rings (SSSR count). The van der Waals surface area contributed by atoms with Crippen LogP contribution in [0.25, 0.3) is 10.4 Å². The molecule has 5 atom stereocenters. The van der Waals surface area contributed by atoms with E-state index in [9.17, 15) is 10.2 Å². The van der Waals surface area contributed by atoms with Crippen molar-refractivity contribution in [3.05, 3.63) is 10.4 Å². The normalized spacial score (nSPS) is 36.1. The maximum absolute atomic E-state index is 9.77. The average molecular weight is 261 g/mol. The lowest BCUT2D eigenvalue weighted by Gasteiger charge is -2.40. The summed E-state index contributed by atoms with van der Waals surface area (Å²) >= 11 is 0. The number of rotatable bonds is 6. The molecule has 0 spiro atoms. The third kappa shape index (κ3) is 3.81. The van der Waals surface area contributed by atoms with Crippen LogP contribution in [0, 0.1) is 5.92 Å². The second kappa shape index (κ2) is 7.52. The monoisotopic (exact) mass is 261 g/mol. The number of nitrogens with zero attached hydrogens (tertiary/aromatic N) is 3. The Kier molecular flexibility index (Phi) is 6.34. The van der Waals surface area contributed by atoms with E-state index >= 15 is 0 Å². The van der Waals surface area contributed by atoms with Crippen LogP contribution in [0.1, 0.15) is 13.3 Å². The third-order valence-electron chi connectivity index (χ3n) is 2.94. The van der Waals surface area contributed by atoms with E-state index in [1.807, 2.05) is 0 Å². The van der Waals surface area contributed by atoms with Gasteiger partial charge in [0.25, 0.3) is 0 Å². The van der Waals surface area contributed by atoms with Crippen molar-refractivity contribution in [2.24, 2.45) is 11.0 Å². The summed E-state index contributed by atoms with van der Waals surface area (Å²) in [6.45, 7) is 1.95. The molecule has 0 radical (unpaired) electrons. The Balaban J connectivity index is 2.41. The molecule has 0 amide bonds. The topological polar surface area (TPSA) is 128 Å². The van der Waals surface area contributed by atoms with Crippen molar-refractivity contribution in [3.63, 3.8) is 0 Å². The van der Waals surface area contributed by atoms with E-state index in [0.29, 0.717) is 19.6 Å². The molecule has 1 aliphatic rings. The van der Waals surface area contributed by atoms with Crippen LogP contribution in [0.5, 0.6) is 0 Å². The van der Waals surface area contributed by atoms with Crippen molar-refractivity contribution < 1.29 is 24.8 Å². The summed E-state index contributed by atoms with van der Waals surface area (Å²) in [5.74, 6) is -0.401. The highest BCUT2D eigenvalue weighted by atomic mass is 16.7. The number of aliphatic hydroxyl groups excluding tert-OH is 3.